The summed E-state index contributed by atoms with van der Waals surface area (Å²) in [5.41, 5.74) is 0.543. The van der Waals surface area contributed by atoms with Gasteiger partial charge in [-0.15, -0.1) is 5.10 Å². The third kappa shape index (κ3) is 3.59. The second-order valence-electron chi connectivity index (χ2n) is 4.23. The van der Waals surface area contributed by atoms with Gasteiger partial charge in [0.05, 0.1) is 11.9 Å². The summed E-state index contributed by atoms with van der Waals surface area (Å²) in [4.78, 5) is 12.1. The number of benzene rings is 1. The van der Waals surface area contributed by atoms with E-state index in [1.54, 1.807) is 19.2 Å². The molecule has 0 bridgehead atoms. The fraction of sp³-hybridized carbons (Fsp3) is 0.462. The first-order valence-electron chi connectivity index (χ1n) is 6.35. The number of rotatable bonds is 7. The molecule has 0 spiro atoms. The second-order valence-corrected chi connectivity index (χ2v) is 4.23. The van der Waals surface area contributed by atoms with Crippen LogP contribution in [0.15, 0.2) is 29.1 Å². The van der Waals surface area contributed by atoms with E-state index in [0.29, 0.717) is 24.0 Å². The quantitative estimate of drug-likeness (QED) is 0.732. The molecule has 19 heavy (non-hydrogen) atoms. The topological polar surface area (TPSA) is 69.0 Å². The lowest BCUT2D eigenvalue weighted by Crippen LogP contribution is -2.30. The van der Waals surface area contributed by atoms with Gasteiger partial charge in [0, 0.05) is 20.3 Å². The van der Waals surface area contributed by atoms with Crippen molar-refractivity contribution >= 4 is 10.9 Å². The fourth-order valence-corrected chi connectivity index (χ4v) is 1.82. The first-order valence-corrected chi connectivity index (χ1v) is 6.35. The molecule has 1 heterocycles. The predicted octanol–water partition coefficient (Wildman–Crippen LogP) is 0.418. The molecular weight excluding hydrogens is 244 g/mol. The van der Waals surface area contributed by atoms with Gasteiger partial charge >= 0.3 is 0 Å². The van der Waals surface area contributed by atoms with Crippen molar-refractivity contribution < 1.29 is 4.74 Å². The van der Waals surface area contributed by atoms with Crippen molar-refractivity contribution in [2.45, 2.75) is 13.0 Å². The van der Waals surface area contributed by atoms with Crippen LogP contribution in [0.1, 0.15) is 6.42 Å². The van der Waals surface area contributed by atoms with Crippen LogP contribution in [0.4, 0.5) is 0 Å². The van der Waals surface area contributed by atoms with Gasteiger partial charge in [0.1, 0.15) is 5.52 Å². The molecule has 0 aliphatic rings. The number of nitrogens with one attached hydrogen (secondary N) is 1. The van der Waals surface area contributed by atoms with Crippen molar-refractivity contribution in [3.05, 3.63) is 34.6 Å². The van der Waals surface area contributed by atoms with E-state index in [0.717, 1.165) is 19.6 Å². The summed E-state index contributed by atoms with van der Waals surface area (Å²) >= 11 is 0. The van der Waals surface area contributed by atoms with Crippen molar-refractivity contribution in [2.24, 2.45) is 0 Å². The van der Waals surface area contributed by atoms with Crippen LogP contribution in [0.5, 0.6) is 0 Å². The Morgan fingerprint density at radius 2 is 2.16 bits per heavy atom. The Morgan fingerprint density at radius 1 is 1.32 bits per heavy atom. The lowest BCUT2D eigenvalue weighted by Gasteiger charge is -2.06. The van der Waals surface area contributed by atoms with Crippen LogP contribution in [0.25, 0.3) is 10.9 Å². The molecule has 0 aliphatic carbocycles. The molecule has 0 saturated carbocycles. The molecule has 0 aliphatic heterocycles. The smallest absolute Gasteiger partial charge is 0.277 e. The van der Waals surface area contributed by atoms with E-state index >= 15 is 0 Å². The van der Waals surface area contributed by atoms with Gasteiger partial charge in [-0.2, -0.15) is 0 Å². The average molecular weight is 262 g/mol. The van der Waals surface area contributed by atoms with Crippen LogP contribution in [0.2, 0.25) is 0 Å². The normalized spacial score (nSPS) is 11.0. The van der Waals surface area contributed by atoms with Crippen molar-refractivity contribution in [3.8, 4) is 0 Å². The van der Waals surface area contributed by atoms with Crippen LogP contribution in [0, 0.1) is 0 Å². The zero-order valence-corrected chi connectivity index (χ0v) is 11.0. The molecular formula is C13H18N4O2. The summed E-state index contributed by atoms with van der Waals surface area (Å²) in [5, 5.41) is 11.8. The van der Waals surface area contributed by atoms with Crippen LogP contribution in [-0.4, -0.2) is 41.8 Å². The Balaban J connectivity index is 1.94. The number of hydrogen-bond acceptors (Lipinski definition) is 5. The molecule has 6 heteroatoms. The monoisotopic (exact) mass is 262 g/mol. The summed E-state index contributed by atoms with van der Waals surface area (Å²) in [6, 6.07) is 7.24. The van der Waals surface area contributed by atoms with Gasteiger partial charge in [0.25, 0.3) is 5.56 Å². The molecule has 0 amide bonds. The molecule has 0 saturated heterocycles. The lowest BCUT2D eigenvalue weighted by molar-refractivity contribution is 0.194. The highest BCUT2D eigenvalue weighted by atomic mass is 16.5. The Hall–Kier alpha value is -1.79. The van der Waals surface area contributed by atoms with Crippen molar-refractivity contribution in [1.29, 1.82) is 0 Å². The average Bonchev–Trinajstić information content (AvgIpc) is 2.45. The molecule has 0 fully saturated rings. The maximum atomic E-state index is 12.1. The number of ether oxygens (including phenoxy) is 1. The van der Waals surface area contributed by atoms with E-state index in [-0.39, 0.29) is 5.56 Å². The van der Waals surface area contributed by atoms with Gasteiger partial charge in [0.2, 0.25) is 0 Å². The number of aromatic nitrogens is 3. The van der Waals surface area contributed by atoms with E-state index in [2.05, 4.69) is 15.6 Å². The second kappa shape index (κ2) is 6.96. The van der Waals surface area contributed by atoms with E-state index in [4.69, 9.17) is 4.74 Å². The number of methoxy groups -OCH3 is 1. The Bertz CT molecular complexity index is 582. The molecule has 6 nitrogen and oxygen atoms in total. The summed E-state index contributed by atoms with van der Waals surface area (Å²) < 4.78 is 6.35. The molecule has 0 atom stereocenters. The van der Waals surface area contributed by atoms with Gasteiger partial charge in [-0.05, 0) is 25.1 Å². The fourth-order valence-electron chi connectivity index (χ4n) is 1.82. The largest absolute Gasteiger partial charge is 0.385 e. The van der Waals surface area contributed by atoms with E-state index < -0.39 is 0 Å². The molecule has 2 rings (SSSR count). The van der Waals surface area contributed by atoms with Crippen molar-refractivity contribution in [3.63, 3.8) is 0 Å². The van der Waals surface area contributed by atoms with Gasteiger partial charge in [-0.1, -0.05) is 17.3 Å². The summed E-state index contributed by atoms with van der Waals surface area (Å²) in [6.07, 6.45) is 0.953. The molecule has 0 radical (unpaired) electrons. The highest BCUT2D eigenvalue weighted by Gasteiger charge is 2.03. The third-order valence-electron chi connectivity index (χ3n) is 2.83. The number of hydrogen-bond donors (Lipinski definition) is 1. The molecule has 0 unspecified atom stereocenters. The Labute approximate surface area is 111 Å². The molecule has 1 aromatic carbocycles. The third-order valence-corrected chi connectivity index (χ3v) is 2.83. The summed E-state index contributed by atoms with van der Waals surface area (Å²) in [7, 11) is 1.68. The summed E-state index contributed by atoms with van der Waals surface area (Å²) in [6.45, 7) is 2.81. The SMILES string of the molecule is COCCCNCCn1nnc2ccccc2c1=O. The standard InChI is InChI=1S/C13H18N4O2/c1-19-10-4-7-14-8-9-17-13(18)11-5-2-3-6-12(11)15-16-17/h2-3,5-6,14H,4,7-10H2,1H3. The van der Waals surface area contributed by atoms with Crippen LogP contribution in [-0.2, 0) is 11.3 Å². The highest BCUT2D eigenvalue weighted by molar-refractivity contribution is 5.76. The van der Waals surface area contributed by atoms with Crippen LogP contribution < -0.4 is 10.9 Å². The zero-order chi connectivity index (χ0) is 13.5. The number of fused-ring (bicyclic) bond motifs is 1. The minimum absolute atomic E-state index is 0.0932. The van der Waals surface area contributed by atoms with Gasteiger partial charge in [-0.3, -0.25) is 4.79 Å². The van der Waals surface area contributed by atoms with E-state index in [1.807, 2.05) is 12.1 Å². The summed E-state index contributed by atoms with van der Waals surface area (Å²) in [5.74, 6) is 0. The Kier molecular flexibility index (Phi) is 5.00. The van der Waals surface area contributed by atoms with E-state index in [9.17, 15) is 4.79 Å². The first kappa shape index (κ1) is 13.6. The minimum Gasteiger partial charge on any atom is -0.385 e. The minimum atomic E-state index is -0.0932. The molecule has 102 valence electrons. The first-order chi connectivity index (χ1) is 9.33. The van der Waals surface area contributed by atoms with Crippen molar-refractivity contribution in [2.75, 3.05) is 26.8 Å². The molecule has 1 aromatic heterocycles. The molecule has 1 N–H and O–H groups in total. The van der Waals surface area contributed by atoms with E-state index in [1.165, 1.54) is 4.68 Å². The van der Waals surface area contributed by atoms with Crippen LogP contribution in [0.3, 0.4) is 0 Å². The van der Waals surface area contributed by atoms with Gasteiger partial charge < -0.3 is 10.1 Å². The highest BCUT2D eigenvalue weighted by Crippen LogP contribution is 2.02. The van der Waals surface area contributed by atoms with Crippen LogP contribution >= 0.6 is 0 Å². The number of nitrogens with zero attached hydrogens (tertiary/aromatic N) is 3. The van der Waals surface area contributed by atoms with Crippen molar-refractivity contribution in [1.82, 2.24) is 20.3 Å². The maximum absolute atomic E-state index is 12.1. The Morgan fingerprint density at radius 3 is 3.00 bits per heavy atom. The predicted molar refractivity (Wildman–Crippen MR) is 73.2 cm³/mol. The maximum Gasteiger partial charge on any atom is 0.277 e. The zero-order valence-electron chi connectivity index (χ0n) is 11.0. The lowest BCUT2D eigenvalue weighted by atomic mass is 10.2. The molecule has 2 aromatic rings. The van der Waals surface area contributed by atoms with Gasteiger partial charge in [-0.25, -0.2) is 4.68 Å². The van der Waals surface area contributed by atoms with Gasteiger partial charge in [0.15, 0.2) is 0 Å².